The molecule has 1 aliphatic heterocycles. The molecule has 176 valence electrons. The smallest absolute Gasteiger partial charge is 0.253 e. The minimum Gasteiger partial charge on any atom is -0.352 e. The number of nitrogens with one attached hydrogen (secondary N) is 2. The maximum Gasteiger partial charge on any atom is 0.253 e. The molecule has 0 bridgehead atoms. The van der Waals surface area contributed by atoms with Gasteiger partial charge in [-0.2, -0.15) is 4.31 Å². The molecule has 3 rings (SSSR count). The van der Waals surface area contributed by atoms with Gasteiger partial charge in [-0.1, -0.05) is 56.3 Å². The molecule has 0 radical (unpaired) electrons. The van der Waals surface area contributed by atoms with Gasteiger partial charge in [-0.05, 0) is 42.5 Å². The van der Waals surface area contributed by atoms with Crippen molar-refractivity contribution in [3.05, 3.63) is 71.1 Å². The van der Waals surface area contributed by atoms with Gasteiger partial charge < -0.3 is 10.6 Å². The molecule has 2 amide bonds. The van der Waals surface area contributed by atoms with E-state index in [2.05, 4.69) is 10.6 Å². The van der Waals surface area contributed by atoms with Crippen molar-refractivity contribution in [1.82, 2.24) is 9.62 Å². The van der Waals surface area contributed by atoms with Gasteiger partial charge in [0, 0.05) is 31.0 Å². The van der Waals surface area contributed by atoms with Gasteiger partial charge in [0.25, 0.3) is 5.91 Å². The first-order valence-electron chi connectivity index (χ1n) is 11.2. The number of carbonyl (C=O) groups excluding carboxylic acids is 2. The van der Waals surface area contributed by atoms with Crippen LogP contribution in [0, 0.1) is 11.8 Å². The second kappa shape index (κ2) is 11.2. The van der Waals surface area contributed by atoms with Crippen LogP contribution < -0.4 is 10.6 Å². The third kappa shape index (κ3) is 7.00. The summed E-state index contributed by atoms with van der Waals surface area (Å²) < 4.78 is 26.7. The lowest BCUT2D eigenvalue weighted by Gasteiger charge is -2.29. The van der Waals surface area contributed by atoms with Crippen molar-refractivity contribution in [1.29, 1.82) is 0 Å². The van der Waals surface area contributed by atoms with Crippen molar-refractivity contribution in [2.24, 2.45) is 11.8 Å². The number of hydrogen-bond donors (Lipinski definition) is 2. The summed E-state index contributed by atoms with van der Waals surface area (Å²) >= 11 is 0. The summed E-state index contributed by atoms with van der Waals surface area (Å²) in [5, 5.41) is 6.95. The number of hydrogen-bond acceptors (Lipinski definition) is 4. The van der Waals surface area contributed by atoms with Crippen LogP contribution in [0.2, 0.25) is 0 Å². The zero-order chi connectivity index (χ0) is 23.8. The lowest BCUT2D eigenvalue weighted by Crippen LogP contribution is -2.40. The van der Waals surface area contributed by atoms with E-state index in [0.717, 1.165) is 5.56 Å². The number of anilines is 1. The molecule has 0 unspecified atom stereocenters. The molecule has 2 aromatic rings. The fourth-order valence-corrected chi connectivity index (χ4v) is 4.83. The Morgan fingerprint density at radius 3 is 2.33 bits per heavy atom. The van der Waals surface area contributed by atoms with Crippen molar-refractivity contribution in [3.63, 3.8) is 0 Å². The highest BCUT2D eigenvalue weighted by Crippen LogP contribution is 2.23. The molecule has 8 heteroatoms. The molecular weight excluding hydrogens is 438 g/mol. The van der Waals surface area contributed by atoms with Crippen molar-refractivity contribution < 1.29 is 18.0 Å². The summed E-state index contributed by atoms with van der Waals surface area (Å²) in [5.74, 6) is -0.428. The first-order chi connectivity index (χ1) is 15.8. The Morgan fingerprint density at radius 1 is 1.03 bits per heavy atom. The summed E-state index contributed by atoms with van der Waals surface area (Å²) in [6, 6.07) is 16.2. The Balaban J connectivity index is 1.58. The normalized spacial score (nSPS) is 15.6. The predicted molar refractivity (Wildman–Crippen MR) is 131 cm³/mol. The van der Waals surface area contributed by atoms with Crippen LogP contribution in [-0.4, -0.2) is 44.2 Å². The molecule has 2 aromatic carbocycles. The van der Waals surface area contributed by atoms with Crippen LogP contribution in [0.1, 0.15) is 42.6 Å². The predicted octanol–water partition coefficient (Wildman–Crippen LogP) is 3.72. The third-order valence-electron chi connectivity index (χ3n) is 5.52. The van der Waals surface area contributed by atoms with Crippen molar-refractivity contribution in [2.75, 3.05) is 25.0 Å². The van der Waals surface area contributed by atoms with E-state index in [4.69, 9.17) is 0 Å². The topological polar surface area (TPSA) is 95.6 Å². The highest BCUT2D eigenvalue weighted by molar-refractivity contribution is 7.92. The molecule has 7 nitrogen and oxygen atoms in total. The van der Waals surface area contributed by atoms with Crippen molar-refractivity contribution in [3.8, 4) is 0 Å². The van der Waals surface area contributed by atoms with Crippen LogP contribution in [-0.2, 0) is 14.8 Å². The van der Waals surface area contributed by atoms with Gasteiger partial charge in [-0.3, -0.25) is 9.59 Å². The quantitative estimate of drug-likeness (QED) is 0.616. The maximum absolute atomic E-state index is 12.9. The summed E-state index contributed by atoms with van der Waals surface area (Å²) in [6.45, 7) is 5.12. The number of para-hydroxylation sites is 1. The molecule has 1 saturated heterocycles. The molecule has 2 N–H and O–H groups in total. The molecule has 1 fully saturated rings. The van der Waals surface area contributed by atoms with Crippen LogP contribution in [0.3, 0.4) is 0 Å². The first-order valence-corrected chi connectivity index (χ1v) is 12.7. The summed E-state index contributed by atoms with van der Waals surface area (Å²) in [7, 11) is -3.55. The van der Waals surface area contributed by atoms with E-state index in [1.165, 1.54) is 9.71 Å². The Kier molecular flexibility index (Phi) is 8.41. The second-order valence-corrected chi connectivity index (χ2v) is 10.4. The Morgan fingerprint density at radius 2 is 1.67 bits per heavy atom. The molecule has 1 heterocycles. The van der Waals surface area contributed by atoms with E-state index in [1.54, 1.807) is 30.3 Å². The minimum atomic E-state index is -3.55. The zero-order valence-corrected chi connectivity index (χ0v) is 19.8. The Hall–Kier alpha value is -2.97. The van der Waals surface area contributed by atoms with Gasteiger partial charge in [0.2, 0.25) is 15.9 Å². The standard InChI is InChI=1S/C25H31N3O4S/c1-19(2)18-26-25(30)22-10-6-7-11-23(22)27-24(29)21-12-15-28(16-13-21)33(31,32)17-14-20-8-4-3-5-9-20/h3-11,14,17,19,21H,12-13,15-16,18H2,1-2H3,(H,26,30)(H,27,29). The summed E-state index contributed by atoms with van der Waals surface area (Å²) in [5.41, 5.74) is 1.69. The number of amides is 2. The molecule has 0 aromatic heterocycles. The average molecular weight is 470 g/mol. The van der Waals surface area contributed by atoms with Gasteiger partial charge in [0.1, 0.15) is 0 Å². The molecular formula is C25H31N3O4S. The van der Waals surface area contributed by atoms with Crippen LogP contribution in [0.5, 0.6) is 0 Å². The minimum absolute atomic E-state index is 0.198. The first kappa shape index (κ1) is 24.7. The van der Waals surface area contributed by atoms with Crippen LogP contribution in [0.15, 0.2) is 60.0 Å². The van der Waals surface area contributed by atoms with Gasteiger partial charge in [0.15, 0.2) is 0 Å². The number of carbonyl (C=O) groups is 2. The lowest BCUT2D eigenvalue weighted by molar-refractivity contribution is -0.120. The lowest BCUT2D eigenvalue weighted by atomic mass is 9.97. The van der Waals surface area contributed by atoms with E-state index < -0.39 is 10.0 Å². The Bertz CT molecular complexity index is 1090. The maximum atomic E-state index is 12.9. The van der Waals surface area contributed by atoms with E-state index in [-0.39, 0.29) is 30.8 Å². The van der Waals surface area contributed by atoms with Crippen LogP contribution in [0.25, 0.3) is 6.08 Å². The van der Waals surface area contributed by atoms with Gasteiger partial charge in [-0.15, -0.1) is 0 Å². The number of piperidine rings is 1. The number of rotatable bonds is 8. The van der Waals surface area contributed by atoms with Crippen LogP contribution in [0.4, 0.5) is 5.69 Å². The summed E-state index contributed by atoms with van der Waals surface area (Å²) in [4.78, 5) is 25.4. The molecule has 33 heavy (non-hydrogen) atoms. The molecule has 0 saturated carbocycles. The molecule has 0 aliphatic carbocycles. The third-order valence-corrected chi connectivity index (χ3v) is 7.08. The average Bonchev–Trinajstić information content (AvgIpc) is 2.82. The van der Waals surface area contributed by atoms with Gasteiger partial charge in [-0.25, -0.2) is 8.42 Å². The highest BCUT2D eigenvalue weighted by atomic mass is 32.2. The van der Waals surface area contributed by atoms with Crippen LogP contribution >= 0.6 is 0 Å². The van der Waals surface area contributed by atoms with E-state index in [1.807, 2.05) is 44.2 Å². The zero-order valence-electron chi connectivity index (χ0n) is 19.0. The molecule has 0 spiro atoms. The Labute approximate surface area is 195 Å². The highest BCUT2D eigenvalue weighted by Gasteiger charge is 2.30. The SMILES string of the molecule is CC(C)CNC(=O)c1ccccc1NC(=O)C1CCN(S(=O)(=O)C=Cc2ccccc2)CC1. The number of nitrogens with zero attached hydrogens (tertiary/aromatic N) is 1. The van der Waals surface area contributed by atoms with Crippen molar-refractivity contribution >= 4 is 33.6 Å². The fourth-order valence-electron chi connectivity index (χ4n) is 3.60. The van der Waals surface area contributed by atoms with Gasteiger partial charge in [0.05, 0.1) is 11.3 Å². The van der Waals surface area contributed by atoms with E-state index in [9.17, 15) is 18.0 Å². The molecule has 1 aliphatic rings. The molecule has 0 atom stereocenters. The second-order valence-electron chi connectivity index (χ2n) is 8.57. The largest absolute Gasteiger partial charge is 0.352 e. The fraction of sp³-hybridized carbons (Fsp3) is 0.360. The monoisotopic (exact) mass is 469 g/mol. The number of benzene rings is 2. The van der Waals surface area contributed by atoms with Gasteiger partial charge >= 0.3 is 0 Å². The van der Waals surface area contributed by atoms with Crippen molar-refractivity contribution in [2.45, 2.75) is 26.7 Å². The summed E-state index contributed by atoms with van der Waals surface area (Å²) in [6.07, 6.45) is 2.42. The number of sulfonamides is 1. The van der Waals surface area contributed by atoms with E-state index in [0.29, 0.717) is 36.6 Å². The van der Waals surface area contributed by atoms with E-state index >= 15 is 0 Å².